The van der Waals surface area contributed by atoms with Crippen LogP contribution in [0.2, 0.25) is 0 Å². The molecule has 16 heavy (non-hydrogen) atoms. The van der Waals surface area contributed by atoms with E-state index in [4.69, 9.17) is 10.5 Å². The molecule has 86 valence electrons. The predicted molar refractivity (Wildman–Crippen MR) is 61.2 cm³/mol. The standard InChI is InChI=1S/C12H16N2O2/c13-8-12(6-7-12)9-14-11(15)16-10-4-2-1-3-5-10/h1-5H,6-9,13H2,(H,14,15). The largest absolute Gasteiger partial charge is 0.412 e. The Kier molecular flexibility index (Phi) is 3.10. The first-order chi connectivity index (χ1) is 7.74. The Balaban J connectivity index is 1.77. The van der Waals surface area contributed by atoms with Gasteiger partial charge in [-0.25, -0.2) is 4.79 Å². The van der Waals surface area contributed by atoms with Crippen LogP contribution in [-0.2, 0) is 0 Å². The molecule has 0 unspecified atom stereocenters. The number of carbonyl (C=O) groups excluding carboxylic acids is 1. The summed E-state index contributed by atoms with van der Waals surface area (Å²) in [5, 5.41) is 2.74. The van der Waals surface area contributed by atoms with Crippen LogP contribution in [0, 0.1) is 5.41 Å². The maximum atomic E-state index is 11.4. The third-order valence-electron chi connectivity index (χ3n) is 2.95. The van der Waals surface area contributed by atoms with Crippen molar-refractivity contribution in [1.29, 1.82) is 0 Å². The van der Waals surface area contributed by atoms with Gasteiger partial charge in [-0.2, -0.15) is 0 Å². The van der Waals surface area contributed by atoms with Gasteiger partial charge in [-0.05, 0) is 31.5 Å². The Bertz CT molecular complexity index is 361. The number of para-hydroxylation sites is 1. The number of nitrogens with two attached hydrogens (primary N) is 1. The summed E-state index contributed by atoms with van der Waals surface area (Å²) in [6.07, 6.45) is 1.77. The molecule has 1 amide bonds. The van der Waals surface area contributed by atoms with Crippen LogP contribution in [-0.4, -0.2) is 19.2 Å². The van der Waals surface area contributed by atoms with Gasteiger partial charge in [-0.15, -0.1) is 0 Å². The van der Waals surface area contributed by atoms with Crippen LogP contribution in [0.25, 0.3) is 0 Å². The maximum Gasteiger partial charge on any atom is 0.412 e. The van der Waals surface area contributed by atoms with Crippen molar-refractivity contribution in [1.82, 2.24) is 5.32 Å². The van der Waals surface area contributed by atoms with E-state index >= 15 is 0 Å². The highest BCUT2D eigenvalue weighted by molar-refractivity contribution is 5.70. The van der Waals surface area contributed by atoms with Crippen LogP contribution < -0.4 is 15.8 Å². The molecule has 0 bridgehead atoms. The highest BCUT2D eigenvalue weighted by Crippen LogP contribution is 2.43. The Morgan fingerprint density at radius 3 is 2.62 bits per heavy atom. The topological polar surface area (TPSA) is 64.3 Å². The molecule has 0 aromatic heterocycles. The van der Waals surface area contributed by atoms with Crippen molar-refractivity contribution in [3.05, 3.63) is 30.3 Å². The summed E-state index contributed by atoms with van der Waals surface area (Å²) in [6, 6.07) is 9.01. The van der Waals surface area contributed by atoms with Gasteiger partial charge in [0.1, 0.15) is 5.75 Å². The number of hydrogen-bond donors (Lipinski definition) is 2. The zero-order valence-electron chi connectivity index (χ0n) is 9.11. The summed E-state index contributed by atoms with van der Waals surface area (Å²) in [7, 11) is 0. The lowest BCUT2D eigenvalue weighted by Gasteiger charge is -2.13. The minimum atomic E-state index is -0.411. The number of ether oxygens (including phenoxy) is 1. The molecule has 4 nitrogen and oxygen atoms in total. The molecule has 2 rings (SSSR count). The van der Waals surface area contributed by atoms with Crippen molar-refractivity contribution in [3.8, 4) is 5.75 Å². The molecule has 4 heteroatoms. The first-order valence-corrected chi connectivity index (χ1v) is 5.45. The van der Waals surface area contributed by atoms with Gasteiger partial charge < -0.3 is 15.8 Å². The molecule has 1 saturated carbocycles. The van der Waals surface area contributed by atoms with Crippen LogP contribution in [0.4, 0.5) is 4.79 Å². The zero-order valence-corrected chi connectivity index (χ0v) is 9.11. The maximum absolute atomic E-state index is 11.4. The van der Waals surface area contributed by atoms with E-state index in [0.717, 1.165) is 12.8 Å². The second-order valence-corrected chi connectivity index (χ2v) is 4.26. The Labute approximate surface area is 94.8 Å². The lowest BCUT2D eigenvalue weighted by Crippen LogP contribution is -2.35. The Morgan fingerprint density at radius 1 is 1.38 bits per heavy atom. The number of hydrogen-bond acceptors (Lipinski definition) is 3. The van der Waals surface area contributed by atoms with Gasteiger partial charge in [-0.3, -0.25) is 0 Å². The fourth-order valence-corrected chi connectivity index (χ4v) is 1.52. The average molecular weight is 220 g/mol. The molecular formula is C12H16N2O2. The van der Waals surface area contributed by atoms with E-state index in [1.807, 2.05) is 18.2 Å². The molecule has 1 aliphatic carbocycles. The summed E-state index contributed by atoms with van der Waals surface area (Å²) in [4.78, 5) is 11.4. The number of nitrogens with one attached hydrogen (secondary N) is 1. The first kappa shape index (κ1) is 11.0. The van der Waals surface area contributed by atoms with Crippen molar-refractivity contribution in [2.75, 3.05) is 13.1 Å². The van der Waals surface area contributed by atoms with Crippen LogP contribution >= 0.6 is 0 Å². The van der Waals surface area contributed by atoms with Gasteiger partial charge in [-0.1, -0.05) is 18.2 Å². The lowest BCUT2D eigenvalue weighted by molar-refractivity contribution is 0.198. The molecule has 0 spiro atoms. The van der Waals surface area contributed by atoms with Crippen molar-refractivity contribution >= 4 is 6.09 Å². The molecule has 0 saturated heterocycles. The molecule has 1 fully saturated rings. The van der Waals surface area contributed by atoms with Crippen molar-refractivity contribution in [3.63, 3.8) is 0 Å². The third-order valence-corrected chi connectivity index (χ3v) is 2.95. The quantitative estimate of drug-likeness (QED) is 0.808. The van der Waals surface area contributed by atoms with Crippen molar-refractivity contribution in [2.24, 2.45) is 11.1 Å². The molecule has 3 N–H and O–H groups in total. The van der Waals surface area contributed by atoms with Gasteiger partial charge in [0.25, 0.3) is 0 Å². The minimum Gasteiger partial charge on any atom is -0.410 e. The Hall–Kier alpha value is -1.55. The molecule has 0 heterocycles. The van der Waals surface area contributed by atoms with Gasteiger partial charge in [0.15, 0.2) is 0 Å². The SMILES string of the molecule is NCC1(CNC(=O)Oc2ccccc2)CC1. The molecule has 1 aliphatic rings. The molecule has 0 atom stereocenters. The minimum absolute atomic E-state index is 0.135. The van der Waals surface area contributed by atoms with E-state index in [1.165, 1.54) is 0 Å². The highest BCUT2D eigenvalue weighted by Gasteiger charge is 2.41. The Morgan fingerprint density at radius 2 is 2.06 bits per heavy atom. The van der Waals surface area contributed by atoms with E-state index in [9.17, 15) is 4.79 Å². The van der Waals surface area contributed by atoms with Crippen molar-refractivity contribution < 1.29 is 9.53 Å². The van der Waals surface area contributed by atoms with Crippen LogP contribution in [0.3, 0.4) is 0 Å². The summed E-state index contributed by atoms with van der Waals surface area (Å²) in [5.41, 5.74) is 5.75. The predicted octanol–water partition coefficient (Wildman–Crippen LogP) is 1.51. The smallest absolute Gasteiger partial charge is 0.410 e. The number of carbonyl (C=O) groups is 1. The number of rotatable bonds is 4. The van der Waals surface area contributed by atoms with E-state index in [2.05, 4.69) is 5.32 Å². The van der Waals surface area contributed by atoms with Gasteiger partial charge in [0, 0.05) is 12.0 Å². The fourth-order valence-electron chi connectivity index (χ4n) is 1.52. The van der Waals surface area contributed by atoms with E-state index < -0.39 is 6.09 Å². The fraction of sp³-hybridized carbons (Fsp3) is 0.417. The third kappa shape index (κ3) is 2.73. The van der Waals surface area contributed by atoms with E-state index in [1.54, 1.807) is 12.1 Å². The van der Waals surface area contributed by atoms with E-state index in [0.29, 0.717) is 18.8 Å². The summed E-state index contributed by atoms with van der Waals surface area (Å²) in [5.74, 6) is 0.553. The van der Waals surface area contributed by atoms with Crippen LogP contribution in [0.5, 0.6) is 5.75 Å². The second kappa shape index (κ2) is 4.53. The van der Waals surface area contributed by atoms with Gasteiger partial charge in [0.2, 0.25) is 0 Å². The summed E-state index contributed by atoms with van der Waals surface area (Å²) >= 11 is 0. The molecule has 1 aromatic carbocycles. The molecule has 0 aliphatic heterocycles. The van der Waals surface area contributed by atoms with Crippen LogP contribution in [0.1, 0.15) is 12.8 Å². The first-order valence-electron chi connectivity index (χ1n) is 5.45. The van der Waals surface area contributed by atoms with E-state index in [-0.39, 0.29) is 5.41 Å². The van der Waals surface area contributed by atoms with Gasteiger partial charge in [0.05, 0.1) is 0 Å². The molecule has 1 aromatic rings. The second-order valence-electron chi connectivity index (χ2n) is 4.26. The lowest BCUT2D eigenvalue weighted by atomic mass is 10.1. The monoisotopic (exact) mass is 220 g/mol. The van der Waals surface area contributed by atoms with Gasteiger partial charge >= 0.3 is 6.09 Å². The average Bonchev–Trinajstić information content (AvgIpc) is 3.09. The molecule has 0 radical (unpaired) electrons. The summed E-state index contributed by atoms with van der Waals surface area (Å²) < 4.78 is 5.09. The number of benzene rings is 1. The highest BCUT2D eigenvalue weighted by atomic mass is 16.6. The van der Waals surface area contributed by atoms with Crippen molar-refractivity contribution in [2.45, 2.75) is 12.8 Å². The summed E-state index contributed by atoms with van der Waals surface area (Å²) in [6.45, 7) is 1.23. The zero-order chi connectivity index (χ0) is 11.4. The number of amides is 1. The molecular weight excluding hydrogens is 204 g/mol. The van der Waals surface area contributed by atoms with Crippen LogP contribution in [0.15, 0.2) is 30.3 Å². The normalized spacial score (nSPS) is 16.6.